The molecule has 3 aliphatic heterocycles. The molecule has 0 unspecified atom stereocenters. The van der Waals surface area contributed by atoms with Crippen molar-refractivity contribution in [1.82, 2.24) is 14.8 Å². The van der Waals surface area contributed by atoms with Crippen molar-refractivity contribution in [2.24, 2.45) is 11.1 Å². The van der Waals surface area contributed by atoms with Gasteiger partial charge in [0.2, 0.25) is 6.10 Å². The highest BCUT2D eigenvalue weighted by Gasteiger charge is 2.35. The lowest BCUT2D eigenvalue weighted by molar-refractivity contribution is -0.144. The van der Waals surface area contributed by atoms with E-state index in [1.54, 1.807) is 0 Å². The first-order valence-corrected chi connectivity index (χ1v) is 11.7. The number of rotatable bonds is 5. The highest BCUT2D eigenvalue weighted by molar-refractivity contribution is 6.04. The molecule has 2 atom stereocenters. The lowest BCUT2D eigenvalue weighted by Gasteiger charge is -2.40. The van der Waals surface area contributed by atoms with Gasteiger partial charge in [0.25, 0.3) is 5.91 Å². The van der Waals surface area contributed by atoms with Crippen molar-refractivity contribution in [3.05, 3.63) is 60.3 Å². The summed E-state index contributed by atoms with van der Waals surface area (Å²) in [5.74, 6) is 1.67. The summed E-state index contributed by atoms with van der Waals surface area (Å²) in [6.07, 6.45) is 4.17. The van der Waals surface area contributed by atoms with Gasteiger partial charge in [-0.1, -0.05) is 41.6 Å². The number of anilines is 1. The summed E-state index contributed by atoms with van der Waals surface area (Å²) in [7, 11) is 0. The zero-order valence-corrected chi connectivity index (χ0v) is 18.5. The third kappa shape index (κ3) is 4.78. The van der Waals surface area contributed by atoms with Crippen LogP contribution in [0.15, 0.2) is 59.9 Å². The van der Waals surface area contributed by atoms with Gasteiger partial charge in [-0.2, -0.15) is 0 Å². The van der Waals surface area contributed by atoms with Gasteiger partial charge < -0.3 is 14.6 Å². The van der Waals surface area contributed by atoms with Gasteiger partial charge in [-0.3, -0.25) is 9.69 Å². The molecule has 1 amide bonds. The molecule has 7 nitrogen and oxygen atoms in total. The van der Waals surface area contributed by atoms with Crippen LogP contribution >= 0.6 is 0 Å². The minimum absolute atomic E-state index is 0.0874. The zero-order chi connectivity index (χ0) is 21.8. The molecule has 3 aliphatic rings. The zero-order valence-electron chi connectivity index (χ0n) is 18.5. The number of pyridine rings is 1. The minimum Gasteiger partial charge on any atom is -0.382 e. The number of nitrogens with zero attached hydrogens (tertiary/aromatic N) is 5. The third-order valence-corrected chi connectivity index (χ3v) is 6.74. The van der Waals surface area contributed by atoms with Crippen LogP contribution in [0, 0.1) is 5.92 Å². The maximum Gasteiger partial charge on any atom is 0.266 e. The van der Waals surface area contributed by atoms with Crippen LogP contribution in [-0.4, -0.2) is 78.3 Å². The Morgan fingerprint density at radius 2 is 1.81 bits per heavy atom. The molecule has 168 valence electrons. The number of amides is 1. The first-order chi connectivity index (χ1) is 15.8. The van der Waals surface area contributed by atoms with Gasteiger partial charge in [-0.25, -0.2) is 4.98 Å². The van der Waals surface area contributed by atoms with E-state index >= 15 is 0 Å². The number of piperazine rings is 1. The van der Waals surface area contributed by atoms with Gasteiger partial charge in [0, 0.05) is 58.4 Å². The fraction of sp³-hybridized carbons (Fsp3) is 0.480. The average Bonchev–Trinajstić information content (AvgIpc) is 3.36. The largest absolute Gasteiger partial charge is 0.382 e. The molecule has 2 saturated heterocycles. The summed E-state index contributed by atoms with van der Waals surface area (Å²) < 4.78 is 0. The Bertz CT molecular complexity index is 928. The molecular formula is C25H31N5O2. The summed E-state index contributed by atoms with van der Waals surface area (Å²) in [6.45, 7) is 6.78. The maximum atomic E-state index is 13.1. The molecule has 2 fully saturated rings. The summed E-state index contributed by atoms with van der Waals surface area (Å²) in [5, 5.41) is 4.20. The fourth-order valence-electron chi connectivity index (χ4n) is 4.99. The monoisotopic (exact) mass is 433 g/mol. The van der Waals surface area contributed by atoms with Crippen molar-refractivity contribution in [3.8, 4) is 0 Å². The molecule has 5 rings (SSSR count). The predicted molar refractivity (Wildman–Crippen MR) is 125 cm³/mol. The highest BCUT2D eigenvalue weighted by Crippen LogP contribution is 2.23. The Labute approximate surface area is 189 Å². The van der Waals surface area contributed by atoms with Gasteiger partial charge in [0.1, 0.15) is 5.82 Å². The van der Waals surface area contributed by atoms with E-state index in [4.69, 9.17) is 4.84 Å². The lowest BCUT2D eigenvalue weighted by atomic mass is 9.96. The second kappa shape index (κ2) is 9.69. The third-order valence-electron chi connectivity index (χ3n) is 6.74. The van der Waals surface area contributed by atoms with E-state index in [0.29, 0.717) is 12.3 Å². The standard InChI is InChI=1S/C25H31N5O2/c31-25(23-17-22(27-32-23)21-8-2-1-3-9-21)30-12-6-7-20(19-30)18-28-13-15-29(16-14-28)24-10-4-5-11-26-24/h1-5,8-11,20,23H,6-7,12-19H2/t20-,23-/m1/s1. The van der Waals surface area contributed by atoms with Crippen molar-refractivity contribution in [3.63, 3.8) is 0 Å². The van der Waals surface area contributed by atoms with Crippen LogP contribution in [0.25, 0.3) is 0 Å². The smallest absolute Gasteiger partial charge is 0.266 e. The van der Waals surface area contributed by atoms with Crippen LogP contribution in [-0.2, 0) is 9.63 Å². The summed E-state index contributed by atoms with van der Waals surface area (Å²) in [5.41, 5.74) is 1.90. The molecule has 0 radical (unpaired) electrons. The molecule has 32 heavy (non-hydrogen) atoms. The second-order valence-corrected chi connectivity index (χ2v) is 8.97. The average molecular weight is 434 g/mol. The Hall–Kier alpha value is -2.93. The first kappa shape index (κ1) is 20.9. The van der Waals surface area contributed by atoms with E-state index < -0.39 is 6.10 Å². The molecule has 0 saturated carbocycles. The molecule has 0 N–H and O–H groups in total. The number of hydrogen-bond donors (Lipinski definition) is 0. The van der Waals surface area contributed by atoms with Crippen LogP contribution in [0.5, 0.6) is 0 Å². The molecule has 0 bridgehead atoms. The topological polar surface area (TPSA) is 61.3 Å². The van der Waals surface area contributed by atoms with E-state index in [1.807, 2.05) is 53.6 Å². The van der Waals surface area contributed by atoms with Crippen molar-refractivity contribution in [1.29, 1.82) is 0 Å². The molecule has 2 aromatic rings. The SMILES string of the molecule is O=C([C@H]1CC(c2ccccc2)=NO1)N1CCC[C@H](CN2CCN(c3ccccn3)CC2)C1. The van der Waals surface area contributed by atoms with Gasteiger partial charge in [-0.15, -0.1) is 0 Å². The number of piperidine rings is 1. The Morgan fingerprint density at radius 1 is 1.00 bits per heavy atom. The fourth-order valence-corrected chi connectivity index (χ4v) is 4.99. The van der Waals surface area contributed by atoms with E-state index in [-0.39, 0.29) is 5.91 Å². The highest BCUT2D eigenvalue weighted by atomic mass is 16.6. The molecular weight excluding hydrogens is 402 g/mol. The van der Waals surface area contributed by atoms with Gasteiger partial charge >= 0.3 is 0 Å². The van der Waals surface area contributed by atoms with Crippen molar-refractivity contribution in [2.45, 2.75) is 25.4 Å². The van der Waals surface area contributed by atoms with Crippen molar-refractivity contribution in [2.75, 3.05) is 50.7 Å². The van der Waals surface area contributed by atoms with Gasteiger partial charge in [0.05, 0.1) is 5.71 Å². The van der Waals surface area contributed by atoms with Crippen LogP contribution in [0.3, 0.4) is 0 Å². The molecule has 0 spiro atoms. The van der Waals surface area contributed by atoms with E-state index in [0.717, 1.165) is 69.3 Å². The van der Waals surface area contributed by atoms with E-state index in [9.17, 15) is 4.79 Å². The van der Waals surface area contributed by atoms with Crippen molar-refractivity contribution < 1.29 is 9.63 Å². The van der Waals surface area contributed by atoms with Crippen molar-refractivity contribution >= 4 is 17.4 Å². The number of carbonyl (C=O) groups is 1. The van der Waals surface area contributed by atoms with Crippen LogP contribution in [0.1, 0.15) is 24.8 Å². The van der Waals surface area contributed by atoms with Gasteiger partial charge in [0.15, 0.2) is 0 Å². The molecule has 7 heteroatoms. The lowest BCUT2D eigenvalue weighted by Crippen LogP contribution is -2.51. The summed E-state index contributed by atoms with van der Waals surface area (Å²) in [4.78, 5) is 30.0. The second-order valence-electron chi connectivity index (χ2n) is 8.97. The normalized spacial score (nSPS) is 24.2. The molecule has 1 aromatic heterocycles. The van der Waals surface area contributed by atoms with Crippen LogP contribution < -0.4 is 4.90 Å². The number of oxime groups is 1. The quantitative estimate of drug-likeness (QED) is 0.726. The van der Waals surface area contributed by atoms with E-state index in [1.165, 1.54) is 6.42 Å². The summed E-state index contributed by atoms with van der Waals surface area (Å²) in [6, 6.07) is 16.1. The Balaban J connectivity index is 1.10. The number of aromatic nitrogens is 1. The molecule has 0 aliphatic carbocycles. The minimum atomic E-state index is -0.481. The van der Waals surface area contributed by atoms with E-state index in [2.05, 4.69) is 26.0 Å². The summed E-state index contributed by atoms with van der Waals surface area (Å²) >= 11 is 0. The molecule has 1 aromatic carbocycles. The maximum absolute atomic E-state index is 13.1. The Kier molecular flexibility index (Phi) is 6.34. The first-order valence-electron chi connectivity index (χ1n) is 11.7. The number of hydrogen-bond acceptors (Lipinski definition) is 6. The van der Waals surface area contributed by atoms with Gasteiger partial charge in [-0.05, 0) is 36.5 Å². The number of benzene rings is 1. The van der Waals surface area contributed by atoms with Crippen LogP contribution in [0.2, 0.25) is 0 Å². The number of likely N-dealkylation sites (tertiary alicyclic amines) is 1. The predicted octanol–water partition coefficient (Wildman–Crippen LogP) is 2.64. The Morgan fingerprint density at radius 3 is 2.59 bits per heavy atom. The molecule has 4 heterocycles. The van der Waals surface area contributed by atoms with Crippen LogP contribution in [0.4, 0.5) is 5.82 Å². The number of carbonyl (C=O) groups excluding carboxylic acids is 1.